The molecule has 24 heavy (non-hydrogen) atoms. The molecule has 1 amide bonds. The molecule has 1 aliphatic carbocycles. The number of ether oxygens (including phenoxy) is 2. The van der Waals surface area contributed by atoms with Crippen LogP contribution in [0.3, 0.4) is 0 Å². The quantitative estimate of drug-likeness (QED) is 0.865. The fraction of sp³-hybridized carbons (Fsp3) is 0.375. The number of nitrogens with zero attached hydrogens (tertiary/aromatic N) is 1. The molecule has 6 nitrogen and oxygen atoms in total. The molecule has 0 bridgehead atoms. The molecule has 0 unspecified atom stereocenters. The summed E-state index contributed by atoms with van der Waals surface area (Å²) in [4.78, 5) is 18.2. The van der Waals surface area contributed by atoms with E-state index in [1.54, 1.807) is 18.2 Å². The highest BCUT2D eigenvalue weighted by molar-refractivity contribution is 7.15. The number of thiazole rings is 1. The lowest BCUT2D eigenvalue weighted by molar-refractivity contribution is 0.102. The number of halogens is 1. The van der Waals surface area contributed by atoms with Crippen LogP contribution in [0.2, 0.25) is 0 Å². The summed E-state index contributed by atoms with van der Waals surface area (Å²) in [5.41, 5.74) is 7.44. The van der Waals surface area contributed by atoms with Gasteiger partial charge in [0.05, 0.1) is 25.5 Å². The number of aromatic nitrogens is 1. The van der Waals surface area contributed by atoms with Gasteiger partial charge in [0.25, 0.3) is 5.91 Å². The van der Waals surface area contributed by atoms with Crippen LogP contribution >= 0.6 is 23.7 Å². The lowest BCUT2D eigenvalue weighted by Crippen LogP contribution is -2.27. The molecular weight excluding hydrogens is 350 g/mol. The van der Waals surface area contributed by atoms with Gasteiger partial charge in [0.15, 0.2) is 16.6 Å². The van der Waals surface area contributed by atoms with Gasteiger partial charge in [-0.15, -0.1) is 23.7 Å². The number of methoxy groups -OCH3 is 2. The number of benzene rings is 1. The van der Waals surface area contributed by atoms with Crippen LogP contribution in [0.5, 0.6) is 11.5 Å². The van der Waals surface area contributed by atoms with Crippen molar-refractivity contribution < 1.29 is 14.3 Å². The van der Waals surface area contributed by atoms with Crippen molar-refractivity contribution in [3.8, 4) is 11.5 Å². The third-order valence-electron chi connectivity index (χ3n) is 3.85. The second-order valence-electron chi connectivity index (χ2n) is 5.39. The smallest absolute Gasteiger partial charge is 0.261 e. The number of rotatable bonds is 4. The topological polar surface area (TPSA) is 86.5 Å². The highest BCUT2D eigenvalue weighted by atomic mass is 35.5. The van der Waals surface area contributed by atoms with Gasteiger partial charge in [-0.1, -0.05) is 6.07 Å². The van der Waals surface area contributed by atoms with Crippen LogP contribution in [0.4, 0.5) is 5.13 Å². The molecule has 0 saturated carbocycles. The number of aryl methyl sites for hydroxylation is 1. The molecule has 0 fully saturated rings. The number of para-hydroxylation sites is 1. The third-order valence-corrected chi connectivity index (χ3v) is 4.88. The number of amides is 1. The molecule has 3 N–H and O–H groups in total. The predicted molar refractivity (Wildman–Crippen MR) is 96.9 cm³/mol. The minimum absolute atomic E-state index is 0. The lowest BCUT2D eigenvalue weighted by atomic mass is 9.99. The van der Waals surface area contributed by atoms with Crippen LogP contribution in [0.25, 0.3) is 0 Å². The summed E-state index contributed by atoms with van der Waals surface area (Å²) in [6, 6.07) is 5.38. The fourth-order valence-electron chi connectivity index (χ4n) is 2.68. The summed E-state index contributed by atoms with van der Waals surface area (Å²) >= 11 is 1.49. The van der Waals surface area contributed by atoms with Crippen molar-refractivity contribution in [2.24, 2.45) is 5.73 Å². The Kier molecular flexibility index (Phi) is 6.04. The van der Waals surface area contributed by atoms with E-state index in [-0.39, 0.29) is 24.4 Å². The molecule has 1 atom stereocenters. The van der Waals surface area contributed by atoms with E-state index in [9.17, 15) is 4.79 Å². The summed E-state index contributed by atoms with van der Waals surface area (Å²) in [6.45, 7) is 0. The van der Waals surface area contributed by atoms with Crippen LogP contribution in [-0.4, -0.2) is 31.2 Å². The first-order valence-corrected chi connectivity index (χ1v) is 8.20. The summed E-state index contributed by atoms with van der Waals surface area (Å²) in [7, 11) is 3.05. The molecule has 2 aromatic rings. The van der Waals surface area contributed by atoms with E-state index in [0.717, 1.165) is 29.8 Å². The summed E-state index contributed by atoms with van der Waals surface area (Å²) < 4.78 is 10.5. The van der Waals surface area contributed by atoms with Gasteiger partial charge in [-0.2, -0.15) is 0 Å². The second kappa shape index (κ2) is 7.83. The van der Waals surface area contributed by atoms with Gasteiger partial charge in [0.2, 0.25) is 0 Å². The number of nitrogens with one attached hydrogen (secondary N) is 1. The van der Waals surface area contributed by atoms with Crippen LogP contribution in [-0.2, 0) is 12.8 Å². The first kappa shape index (κ1) is 18.5. The van der Waals surface area contributed by atoms with Crippen LogP contribution < -0.4 is 20.5 Å². The van der Waals surface area contributed by atoms with Gasteiger partial charge in [-0.3, -0.25) is 10.1 Å². The Hall–Kier alpha value is -1.83. The zero-order chi connectivity index (χ0) is 16.4. The molecule has 1 heterocycles. The summed E-state index contributed by atoms with van der Waals surface area (Å²) in [5.74, 6) is 0.663. The summed E-state index contributed by atoms with van der Waals surface area (Å²) in [6.07, 6.45) is 2.63. The van der Waals surface area contributed by atoms with E-state index in [1.807, 2.05) is 0 Å². The highest BCUT2D eigenvalue weighted by Crippen LogP contribution is 2.33. The first-order valence-electron chi connectivity index (χ1n) is 7.39. The zero-order valence-electron chi connectivity index (χ0n) is 13.5. The maximum absolute atomic E-state index is 12.5. The van der Waals surface area contributed by atoms with Crippen LogP contribution in [0, 0.1) is 0 Å². The summed E-state index contributed by atoms with van der Waals surface area (Å²) in [5, 5.41) is 3.44. The van der Waals surface area contributed by atoms with Crippen molar-refractivity contribution in [3.63, 3.8) is 0 Å². The first-order chi connectivity index (χ1) is 11.1. The maximum atomic E-state index is 12.5. The zero-order valence-corrected chi connectivity index (χ0v) is 15.1. The van der Waals surface area contributed by atoms with Gasteiger partial charge in [0.1, 0.15) is 0 Å². The van der Waals surface area contributed by atoms with E-state index in [1.165, 1.54) is 25.6 Å². The average Bonchev–Trinajstić information content (AvgIpc) is 2.95. The molecule has 1 aromatic carbocycles. The molecule has 8 heteroatoms. The van der Waals surface area contributed by atoms with Gasteiger partial charge in [0, 0.05) is 10.9 Å². The molecule has 0 saturated heterocycles. The van der Waals surface area contributed by atoms with Gasteiger partial charge < -0.3 is 15.2 Å². The molecular formula is C16H20ClN3O3S. The Labute approximate surface area is 150 Å². The molecule has 130 valence electrons. The number of carbonyl (C=O) groups is 1. The van der Waals surface area contributed by atoms with E-state index in [4.69, 9.17) is 15.2 Å². The Morgan fingerprint density at radius 1 is 1.38 bits per heavy atom. The average molecular weight is 370 g/mol. The molecule has 0 aliphatic heterocycles. The normalized spacial score (nSPS) is 15.9. The van der Waals surface area contributed by atoms with Crippen molar-refractivity contribution in [1.82, 2.24) is 4.98 Å². The van der Waals surface area contributed by atoms with E-state index in [0.29, 0.717) is 22.2 Å². The number of hydrogen-bond acceptors (Lipinski definition) is 6. The molecule has 1 aromatic heterocycles. The van der Waals surface area contributed by atoms with Crippen molar-refractivity contribution in [3.05, 3.63) is 34.3 Å². The van der Waals surface area contributed by atoms with Gasteiger partial charge >= 0.3 is 0 Å². The number of nitrogens with two attached hydrogens (primary N) is 1. The van der Waals surface area contributed by atoms with Crippen molar-refractivity contribution in [2.45, 2.75) is 25.3 Å². The fourth-order valence-corrected chi connectivity index (χ4v) is 3.78. The second-order valence-corrected chi connectivity index (χ2v) is 6.47. The lowest BCUT2D eigenvalue weighted by Gasteiger charge is -2.15. The van der Waals surface area contributed by atoms with Crippen molar-refractivity contribution >= 4 is 34.8 Å². The largest absolute Gasteiger partial charge is 0.493 e. The monoisotopic (exact) mass is 369 g/mol. The van der Waals surface area contributed by atoms with E-state index in [2.05, 4.69) is 10.3 Å². The molecule has 0 spiro atoms. The van der Waals surface area contributed by atoms with Crippen LogP contribution in [0.15, 0.2) is 18.2 Å². The number of fused-ring (bicyclic) bond motifs is 1. The SMILES string of the molecule is COc1cccc(C(=O)Nc2nc3c(s2)C[C@@H](N)CC3)c1OC.Cl. The Morgan fingerprint density at radius 3 is 2.88 bits per heavy atom. The molecule has 0 radical (unpaired) electrons. The standard InChI is InChI=1S/C16H19N3O3S.ClH/c1-21-12-5-3-4-10(14(12)22-2)15(20)19-16-18-11-7-6-9(17)8-13(11)23-16;/h3-5,9H,6-8,17H2,1-2H3,(H,18,19,20);1H/t9-;/m0./s1. The van der Waals surface area contributed by atoms with E-state index < -0.39 is 0 Å². The predicted octanol–water partition coefficient (Wildman–Crippen LogP) is 2.65. The van der Waals surface area contributed by atoms with Crippen LogP contribution in [0.1, 0.15) is 27.3 Å². The Morgan fingerprint density at radius 2 is 2.17 bits per heavy atom. The van der Waals surface area contributed by atoms with E-state index >= 15 is 0 Å². The highest BCUT2D eigenvalue weighted by Gasteiger charge is 2.22. The van der Waals surface area contributed by atoms with Gasteiger partial charge in [-0.25, -0.2) is 4.98 Å². The minimum atomic E-state index is -0.267. The number of anilines is 1. The van der Waals surface area contributed by atoms with Crippen molar-refractivity contribution in [1.29, 1.82) is 0 Å². The van der Waals surface area contributed by atoms with Crippen molar-refractivity contribution in [2.75, 3.05) is 19.5 Å². The minimum Gasteiger partial charge on any atom is -0.493 e. The Bertz CT molecular complexity index is 735. The number of hydrogen-bond donors (Lipinski definition) is 2. The maximum Gasteiger partial charge on any atom is 0.261 e. The molecule has 3 rings (SSSR count). The Balaban J connectivity index is 0.00000208. The number of carbonyl (C=O) groups excluding carboxylic acids is 1. The molecule has 1 aliphatic rings. The van der Waals surface area contributed by atoms with Gasteiger partial charge in [-0.05, 0) is 31.4 Å². The third kappa shape index (κ3) is 3.63.